The largest absolute Gasteiger partial charge is 0.476 e. The van der Waals surface area contributed by atoms with Crippen LogP contribution in [0.2, 0.25) is 0 Å². The third-order valence-electron chi connectivity index (χ3n) is 2.34. The van der Waals surface area contributed by atoms with Crippen molar-refractivity contribution in [3.05, 3.63) is 17.2 Å². The fraction of sp³-hybridized carbons (Fsp3) is 0.636. The van der Waals surface area contributed by atoms with Crippen LogP contribution in [0.15, 0.2) is 0 Å². The highest BCUT2D eigenvalue weighted by Gasteiger charge is 2.29. The maximum atomic E-state index is 11.0. The van der Waals surface area contributed by atoms with E-state index < -0.39 is 11.6 Å². The Labute approximate surface area is 99.6 Å². The van der Waals surface area contributed by atoms with E-state index in [1.807, 2.05) is 6.92 Å². The standard InChI is InChI=1S/C11H18N2O4/c1-5-17-6(2)9-12-7(10(14)15)8(13-9)11(3,4)16/h6,16H,5H2,1-4H3,(H,12,13)(H,14,15). The van der Waals surface area contributed by atoms with Crippen LogP contribution in [0.5, 0.6) is 0 Å². The molecule has 0 spiro atoms. The highest BCUT2D eigenvalue weighted by molar-refractivity contribution is 5.87. The Morgan fingerprint density at radius 1 is 1.59 bits per heavy atom. The predicted octanol–water partition coefficient (Wildman–Crippen LogP) is 1.43. The number of nitrogens with zero attached hydrogens (tertiary/aromatic N) is 1. The maximum Gasteiger partial charge on any atom is 0.356 e. The molecule has 3 N–H and O–H groups in total. The van der Waals surface area contributed by atoms with E-state index in [2.05, 4.69) is 9.97 Å². The molecule has 96 valence electrons. The van der Waals surface area contributed by atoms with Crippen molar-refractivity contribution < 1.29 is 19.7 Å². The number of hydrogen-bond donors (Lipinski definition) is 3. The second kappa shape index (κ2) is 4.85. The molecule has 0 saturated heterocycles. The molecule has 0 saturated carbocycles. The van der Waals surface area contributed by atoms with Gasteiger partial charge in [0.25, 0.3) is 0 Å². The van der Waals surface area contributed by atoms with Gasteiger partial charge in [-0.1, -0.05) is 0 Å². The molecule has 6 heteroatoms. The highest BCUT2D eigenvalue weighted by atomic mass is 16.5. The number of aromatic amines is 1. The molecular formula is C11H18N2O4. The van der Waals surface area contributed by atoms with Crippen molar-refractivity contribution in [3.63, 3.8) is 0 Å². The zero-order chi connectivity index (χ0) is 13.2. The number of carbonyl (C=O) groups is 1. The Bertz CT molecular complexity index is 406. The normalized spacial score (nSPS) is 13.7. The predicted molar refractivity (Wildman–Crippen MR) is 60.8 cm³/mol. The van der Waals surface area contributed by atoms with Crippen LogP contribution in [0.25, 0.3) is 0 Å². The van der Waals surface area contributed by atoms with Gasteiger partial charge in [-0.15, -0.1) is 0 Å². The molecule has 1 heterocycles. The number of carboxylic acids is 1. The lowest BCUT2D eigenvalue weighted by atomic mass is 10.0. The van der Waals surface area contributed by atoms with Gasteiger partial charge in [-0.3, -0.25) is 0 Å². The number of aromatic carboxylic acids is 1. The molecule has 0 aliphatic heterocycles. The molecule has 1 rings (SSSR count). The average Bonchev–Trinajstić information content (AvgIpc) is 2.61. The fourth-order valence-corrected chi connectivity index (χ4v) is 1.51. The van der Waals surface area contributed by atoms with Gasteiger partial charge in [-0.05, 0) is 27.7 Å². The van der Waals surface area contributed by atoms with Gasteiger partial charge in [0.15, 0.2) is 5.69 Å². The Balaban J connectivity index is 3.17. The fourth-order valence-electron chi connectivity index (χ4n) is 1.51. The van der Waals surface area contributed by atoms with Crippen LogP contribution in [0, 0.1) is 0 Å². The number of aliphatic hydroxyl groups is 1. The quantitative estimate of drug-likeness (QED) is 0.726. The third-order valence-corrected chi connectivity index (χ3v) is 2.34. The molecule has 0 fully saturated rings. The first-order chi connectivity index (χ1) is 7.77. The number of aromatic nitrogens is 2. The topological polar surface area (TPSA) is 95.4 Å². The van der Waals surface area contributed by atoms with E-state index >= 15 is 0 Å². The van der Waals surface area contributed by atoms with E-state index in [9.17, 15) is 9.90 Å². The van der Waals surface area contributed by atoms with E-state index in [0.29, 0.717) is 12.4 Å². The van der Waals surface area contributed by atoms with Gasteiger partial charge in [-0.25, -0.2) is 9.78 Å². The molecule has 0 amide bonds. The van der Waals surface area contributed by atoms with Gasteiger partial charge in [0.1, 0.15) is 17.5 Å². The van der Waals surface area contributed by atoms with Crippen LogP contribution in [-0.4, -0.2) is 32.8 Å². The molecule has 0 aliphatic rings. The van der Waals surface area contributed by atoms with Crippen molar-refractivity contribution in [1.82, 2.24) is 9.97 Å². The summed E-state index contributed by atoms with van der Waals surface area (Å²) in [5.41, 5.74) is -1.27. The number of rotatable bonds is 5. The minimum Gasteiger partial charge on any atom is -0.476 e. The van der Waals surface area contributed by atoms with E-state index in [0.717, 1.165) is 0 Å². The van der Waals surface area contributed by atoms with Crippen LogP contribution in [0.1, 0.15) is 55.8 Å². The first kappa shape index (κ1) is 13.7. The van der Waals surface area contributed by atoms with Gasteiger partial charge < -0.3 is 19.9 Å². The number of ether oxygens (including phenoxy) is 1. The van der Waals surface area contributed by atoms with Gasteiger partial charge in [0.2, 0.25) is 0 Å². The van der Waals surface area contributed by atoms with Gasteiger partial charge in [0.05, 0.1) is 5.69 Å². The van der Waals surface area contributed by atoms with Crippen LogP contribution >= 0.6 is 0 Å². The zero-order valence-corrected chi connectivity index (χ0v) is 10.4. The maximum absolute atomic E-state index is 11.0. The van der Waals surface area contributed by atoms with Crippen molar-refractivity contribution in [2.24, 2.45) is 0 Å². The SMILES string of the molecule is CCOC(C)c1nc(C(=O)O)c(C(C)(C)O)[nH]1. The van der Waals surface area contributed by atoms with Crippen molar-refractivity contribution in [2.45, 2.75) is 39.4 Å². The third kappa shape index (κ3) is 3.04. The summed E-state index contributed by atoms with van der Waals surface area (Å²) in [7, 11) is 0. The Hall–Kier alpha value is -1.40. The molecule has 1 aromatic heterocycles. The minimum atomic E-state index is -1.29. The number of hydrogen-bond acceptors (Lipinski definition) is 4. The lowest BCUT2D eigenvalue weighted by Gasteiger charge is -2.15. The van der Waals surface area contributed by atoms with E-state index in [-0.39, 0.29) is 17.5 Å². The molecule has 0 aromatic carbocycles. The Morgan fingerprint density at radius 3 is 2.53 bits per heavy atom. The zero-order valence-electron chi connectivity index (χ0n) is 10.4. The van der Waals surface area contributed by atoms with Crippen LogP contribution in [-0.2, 0) is 10.3 Å². The summed E-state index contributed by atoms with van der Waals surface area (Å²) < 4.78 is 5.32. The van der Waals surface area contributed by atoms with E-state index in [1.54, 1.807) is 6.92 Å². The monoisotopic (exact) mass is 242 g/mol. The van der Waals surface area contributed by atoms with Crippen molar-refractivity contribution >= 4 is 5.97 Å². The molecule has 0 radical (unpaired) electrons. The van der Waals surface area contributed by atoms with Crippen LogP contribution < -0.4 is 0 Å². The summed E-state index contributed by atoms with van der Waals surface area (Å²) >= 11 is 0. The van der Waals surface area contributed by atoms with Gasteiger partial charge in [0, 0.05) is 6.61 Å². The Morgan fingerprint density at radius 2 is 2.18 bits per heavy atom. The smallest absolute Gasteiger partial charge is 0.356 e. The minimum absolute atomic E-state index is 0.168. The summed E-state index contributed by atoms with van der Waals surface area (Å²) in [5.74, 6) is -0.769. The first-order valence-corrected chi connectivity index (χ1v) is 5.45. The second-order valence-electron chi connectivity index (χ2n) is 4.31. The summed E-state index contributed by atoms with van der Waals surface area (Å²) in [5, 5.41) is 18.9. The van der Waals surface area contributed by atoms with Gasteiger partial charge >= 0.3 is 5.97 Å². The first-order valence-electron chi connectivity index (χ1n) is 5.45. The molecular weight excluding hydrogens is 224 g/mol. The number of nitrogens with one attached hydrogen (secondary N) is 1. The molecule has 17 heavy (non-hydrogen) atoms. The van der Waals surface area contributed by atoms with Crippen molar-refractivity contribution in [1.29, 1.82) is 0 Å². The second-order valence-corrected chi connectivity index (χ2v) is 4.31. The number of H-pyrrole nitrogens is 1. The summed E-state index contributed by atoms with van der Waals surface area (Å²) in [6, 6.07) is 0. The molecule has 0 bridgehead atoms. The molecule has 1 atom stereocenters. The summed E-state index contributed by atoms with van der Waals surface area (Å²) in [6.07, 6.45) is -0.339. The van der Waals surface area contributed by atoms with Crippen LogP contribution in [0.4, 0.5) is 0 Å². The van der Waals surface area contributed by atoms with Gasteiger partial charge in [-0.2, -0.15) is 0 Å². The lowest BCUT2D eigenvalue weighted by molar-refractivity contribution is 0.0602. The van der Waals surface area contributed by atoms with E-state index in [1.165, 1.54) is 13.8 Å². The lowest BCUT2D eigenvalue weighted by Crippen LogP contribution is -2.20. The summed E-state index contributed by atoms with van der Waals surface area (Å²) in [4.78, 5) is 17.8. The molecule has 0 aliphatic carbocycles. The number of carboxylic acid groups (broad SMARTS) is 1. The number of imidazole rings is 1. The summed E-state index contributed by atoms with van der Waals surface area (Å²) in [6.45, 7) is 7.11. The highest BCUT2D eigenvalue weighted by Crippen LogP contribution is 2.24. The van der Waals surface area contributed by atoms with Crippen molar-refractivity contribution in [2.75, 3.05) is 6.61 Å². The average molecular weight is 242 g/mol. The molecule has 1 unspecified atom stereocenters. The van der Waals surface area contributed by atoms with E-state index in [4.69, 9.17) is 9.84 Å². The Kier molecular flexibility index (Phi) is 3.90. The van der Waals surface area contributed by atoms with Crippen LogP contribution in [0.3, 0.4) is 0 Å². The molecule has 1 aromatic rings. The van der Waals surface area contributed by atoms with Crippen molar-refractivity contribution in [3.8, 4) is 0 Å². The molecule has 6 nitrogen and oxygen atoms in total.